The van der Waals surface area contributed by atoms with Crippen LogP contribution >= 0.6 is 0 Å². The molecular formula is C22H43NO2. The third kappa shape index (κ3) is 21.1. The highest BCUT2D eigenvalue weighted by Gasteiger charge is 2.12. The normalized spacial score (nSPS) is 12.0. The van der Waals surface area contributed by atoms with Gasteiger partial charge in [0.15, 0.2) is 0 Å². The first-order valence-corrected chi connectivity index (χ1v) is 10.6. The van der Waals surface area contributed by atoms with Gasteiger partial charge in [-0.3, -0.25) is 4.79 Å². The molecule has 0 spiro atoms. The molecule has 0 saturated heterocycles. The average Bonchev–Trinajstić information content (AvgIpc) is 2.56. The summed E-state index contributed by atoms with van der Waals surface area (Å²) < 4.78 is 0. The number of nitrogens with one attached hydrogen (secondary N) is 1. The zero-order valence-corrected chi connectivity index (χ0v) is 17.4. The molecular weight excluding hydrogens is 310 g/mol. The van der Waals surface area contributed by atoms with Gasteiger partial charge in [0.25, 0.3) is 0 Å². The van der Waals surface area contributed by atoms with E-state index in [0.29, 0.717) is 6.42 Å². The lowest BCUT2D eigenvalue weighted by Crippen LogP contribution is -2.37. The van der Waals surface area contributed by atoms with Crippen LogP contribution in [-0.4, -0.2) is 11.5 Å². The zero-order valence-electron chi connectivity index (χ0n) is 17.4. The lowest BCUT2D eigenvalue weighted by molar-refractivity contribution is -0.155. The van der Waals surface area contributed by atoms with Gasteiger partial charge in [0.05, 0.1) is 0 Å². The summed E-state index contributed by atoms with van der Waals surface area (Å²) in [5, 5.41) is 0. The molecule has 0 fully saturated rings. The molecule has 0 bridgehead atoms. The lowest BCUT2D eigenvalue weighted by Gasteiger charge is -2.19. The molecule has 0 atom stereocenters. The SMILES string of the molecule is CCCCCCCC/C=C\CCCCCCCC(=O)ONC(C)(C)C. The van der Waals surface area contributed by atoms with Crippen LogP contribution in [-0.2, 0) is 9.63 Å². The Morgan fingerprint density at radius 3 is 1.80 bits per heavy atom. The van der Waals surface area contributed by atoms with E-state index in [4.69, 9.17) is 4.84 Å². The minimum Gasteiger partial charge on any atom is -0.370 e. The maximum absolute atomic E-state index is 11.5. The Hall–Kier alpha value is -0.830. The van der Waals surface area contributed by atoms with Gasteiger partial charge < -0.3 is 4.84 Å². The van der Waals surface area contributed by atoms with E-state index in [1.807, 2.05) is 20.8 Å². The molecule has 0 aromatic heterocycles. The summed E-state index contributed by atoms with van der Waals surface area (Å²) in [6.07, 6.45) is 21.7. The van der Waals surface area contributed by atoms with E-state index in [1.165, 1.54) is 70.6 Å². The Bertz CT molecular complexity index is 331. The van der Waals surface area contributed by atoms with Crippen LogP contribution in [0.5, 0.6) is 0 Å². The minimum absolute atomic E-state index is 0.146. The minimum atomic E-state index is -0.182. The molecule has 0 saturated carbocycles. The molecule has 3 heteroatoms. The summed E-state index contributed by atoms with van der Waals surface area (Å²) in [5.74, 6) is -0.146. The summed E-state index contributed by atoms with van der Waals surface area (Å²) in [5.41, 5.74) is 2.58. The number of carbonyl (C=O) groups excluding carboxylic acids is 1. The molecule has 0 rings (SSSR count). The fourth-order valence-corrected chi connectivity index (χ4v) is 2.60. The molecule has 0 aliphatic carbocycles. The third-order valence-electron chi connectivity index (χ3n) is 4.11. The molecule has 0 heterocycles. The monoisotopic (exact) mass is 353 g/mol. The second-order valence-electron chi connectivity index (χ2n) is 8.16. The van der Waals surface area contributed by atoms with Gasteiger partial charge in [0.1, 0.15) is 0 Å². The number of carbonyl (C=O) groups is 1. The summed E-state index contributed by atoms with van der Waals surface area (Å²) in [6, 6.07) is 0. The maximum Gasteiger partial charge on any atom is 0.324 e. The summed E-state index contributed by atoms with van der Waals surface area (Å²) in [6.45, 7) is 8.19. The van der Waals surface area contributed by atoms with Crippen molar-refractivity contribution in [2.45, 2.75) is 123 Å². The van der Waals surface area contributed by atoms with E-state index in [1.54, 1.807) is 0 Å². The standard InChI is InChI=1S/C22H43NO2/c1-5-6-7-8-9-10-11-12-13-14-15-16-17-18-19-20-21(24)25-23-22(2,3)4/h12-13,23H,5-11,14-20H2,1-4H3/b13-12-. The van der Waals surface area contributed by atoms with E-state index in [-0.39, 0.29) is 11.5 Å². The van der Waals surface area contributed by atoms with Gasteiger partial charge in [0.2, 0.25) is 0 Å². The van der Waals surface area contributed by atoms with Crippen molar-refractivity contribution in [1.82, 2.24) is 5.48 Å². The Kier molecular flexibility index (Phi) is 16.1. The predicted octanol–water partition coefficient (Wildman–Crippen LogP) is 6.87. The molecule has 0 aliphatic heterocycles. The first kappa shape index (κ1) is 24.2. The molecule has 0 aromatic carbocycles. The number of hydroxylamine groups is 1. The van der Waals surface area contributed by atoms with Crippen molar-refractivity contribution < 1.29 is 9.63 Å². The fourth-order valence-electron chi connectivity index (χ4n) is 2.60. The first-order valence-electron chi connectivity index (χ1n) is 10.6. The number of unbranched alkanes of at least 4 members (excludes halogenated alkanes) is 11. The smallest absolute Gasteiger partial charge is 0.324 e. The molecule has 25 heavy (non-hydrogen) atoms. The van der Waals surface area contributed by atoms with E-state index in [0.717, 1.165) is 12.8 Å². The molecule has 0 amide bonds. The van der Waals surface area contributed by atoms with Gasteiger partial charge in [-0.1, -0.05) is 70.4 Å². The van der Waals surface area contributed by atoms with Gasteiger partial charge in [-0.25, -0.2) is 0 Å². The van der Waals surface area contributed by atoms with Crippen LogP contribution in [0.4, 0.5) is 0 Å². The summed E-state index contributed by atoms with van der Waals surface area (Å²) in [4.78, 5) is 16.6. The lowest BCUT2D eigenvalue weighted by atomic mass is 10.1. The van der Waals surface area contributed by atoms with E-state index < -0.39 is 0 Å². The highest BCUT2D eigenvalue weighted by Crippen LogP contribution is 2.10. The topological polar surface area (TPSA) is 38.3 Å². The Labute approximate surface area is 156 Å². The van der Waals surface area contributed by atoms with Crippen LogP contribution in [0.2, 0.25) is 0 Å². The average molecular weight is 354 g/mol. The van der Waals surface area contributed by atoms with Gasteiger partial charge >= 0.3 is 5.97 Å². The molecule has 0 unspecified atom stereocenters. The highest BCUT2D eigenvalue weighted by atomic mass is 16.7. The van der Waals surface area contributed by atoms with Crippen molar-refractivity contribution in [1.29, 1.82) is 0 Å². The van der Waals surface area contributed by atoms with Crippen LogP contribution in [0.3, 0.4) is 0 Å². The molecule has 0 aliphatic rings. The fraction of sp³-hybridized carbons (Fsp3) is 0.864. The number of hydrogen-bond acceptors (Lipinski definition) is 3. The van der Waals surface area contributed by atoms with Crippen molar-refractivity contribution in [3.63, 3.8) is 0 Å². The number of allylic oxidation sites excluding steroid dienone is 2. The van der Waals surface area contributed by atoms with Crippen molar-refractivity contribution in [3.8, 4) is 0 Å². The quantitative estimate of drug-likeness (QED) is 0.187. The van der Waals surface area contributed by atoms with Gasteiger partial charge in [-0.05, 0) is 52.9 Å². The molecule has 0 radical (unpaired) electrons. The van der Waals surface area contributed by atoms with Crippen LogP contribution in [0, 0.1) is 0 Å². The molecule has 1 N–H and O–H groups in total. The van der Waals surface area contributed by atoms with Crippen molar-refractivity contribution in [2.75, 3.05) is 0 Å². The third-order valence-corrected chi connectivity index (χ3v) is 4.11. The second-order valence-corrected chi connectivity index (χ2v) is 8.16. The molecule has 0 aromatic rings. The predicted molar refractivity (Wildman–Crippen MR) is 108 cm³/mol. The van der Waals surface area contributed by atoms with Crippen molar-refractivity contribution in [3.05, 3.63) is 12.2 Å². The maximum atomic E-state index is 11.5. The van der Waals surface area contributed by atoms with Crippen LogP contribution in [0.15, 0.2) is 12.2 Å². The zero-order chi connectivity index (χ0) is 18.8. The van der Waals surface area contributed by atoms with Gasteiger partial charge in [-0.15, -0.1) is 5.48 Å². The molecule has 3 nitrogen and oxygen atoms in total. The Balaban J connectivity index is 3.25. The van der Waals surface area contributed by atoms with Crippen molar-refractivity contribution >= 4 is 5.97 Å². The number of rotatable bonds is 16. The van der Waals surface area contributed by atoms with Gasteiger partial charge in [-0.2, -0.15) is 0 Å². The van der Waals surface area contributed by atoms with E-state index >= 15 is 0 Å². The second kappa shape index (κ2) is 16.6. The van der Waals surface area contributed by atoms with Crippen LogP contribution < -0.4 is 5.48 Å². The summed E-state index contributed by atoms with van der Waals surface area (Å²) >= 11 is 0. The van der Waals surface area contributed by atoms with Crippen LogP contribution in [0.25, 0.3) is 0 Å². The Morgan fingerprint density at radius 2 is 1.28 bits per heavy atom. The van der Waals surface area contributed by atoms with Crippen molar-refractivity contribution in [2.24, 2.45) is 0 Å². The van der Waals surface area contributed by atoms with E-state index in [2.05, 4.69) is 24.6 Å². The summed E-state index contributed by atoms with van der Waals surface area (Å²) in [7, 11) is 0. The molecule has 148 valence electrons. The number of hydrogen-bond donors (Lipinski definition) is 1. The van der Waals surface area contributed by atoms with E-state index in [9.17, 15) is 4.79 Å². The van der Waals surface area contributed by atoms with Gasteiger partial charge in [0, 0.05) is 12.0 Å². The van der Waals surface area contributed by atoms with Crippen LogP contribution in [0.1, 0.15) is 118 Å². The highest BCUT2D eigenvalue weighted by molar-refractivity contribution is 5.68. The Morgan fingerprint density at radius 1 is 0.800 bits per heavy atom. The first-order chi connectivity index (χ1) is 12.0. The largest absolute Gasteiger partial charge is 0.370 e.